The van der Waals surface area contributed by atoms with Gasteiger partial charge in [-0.1, -0.05) is 55.5 Å². The van der Waals surface area contributed by atoms with Crippen LogP contribution in [0.4, 0.5) is 11.4 Å². The highest BCUT2D eigenvalue weighted by Crippen LogP contribution is 2.31. The number of amides is 1. The maximum absolute atomic E-state index is 12.8. The molecule has 1 unspecified atom stereocenters. The van der Waals surface area contributed by atoms with Gasteiger partial charge in [-0.2, -0.15) is 0 Å². The molecular formula is C32H30N2O3. The number of carbonyl (C=O) groups excluding carboxylic acids is 1. The zero-order valence-corrected chi connectivity index (χ0v) is 21.0. The van der Waals surface area contributed by atoms with Gasteiger partial charge >= 0.3 is 0 Å². The lowest BCUT2D eigenvalue weighted by Crippen LogP contribution is -2.36. The van der Waals surface area contributed by atoms with Crippen molar-refractivity contribution in [1.29, 1.82) is 0 Å². The molecule has 0 saturated carbocycles. The Kier molecular flexibility index (Phi) is 6.69. The molecule has 0 spiro atoms. The van der Waals surface area contributed by atoms with Crippen molar-refractivity contribution in [2.24, 2.45) is 0 Å². The number of hydrogen-bond acceptors (Lipinski definition) is 4. The summed E-state index contributed by atoms with van der Waals surface area (Å²) in [6.45, 7) is 4.29. The van der Waals surface area contributed by atoms with Crippen molar-refractivity contribution in [1.82, 2.24) is 0 Å². The lowest BCUT2D eigenvalue weighted by atomic mass is 9.87. The van der Waals surface area contributed by atoms with E-state index in [4.69, 9.17) is 4.74 Å². The maximum atomic E-state index is 12.8. The SMILES string of the molecule is CCC1(Nc2ccccc2C)C=CC(Oc2ccc(NC(=O)c3cc4ccccc4cc3O)cc2)=CC1. The third-order valence-electron chi connectivity index (χ3n) is 6.85. The first-order valence-corrected chi connectivity index (χ1v) is 12.5. The van der Waals surface area contributed by atoms with Gasteiger partial charge in [0, 0.05) is 11.4 Å². The average molecular weight is 491 g/mol. The molecule has 37 heavy (non-hydrogen) atoms. The Hall–Kier alpha value is -4.51. The molecule has 1 atom stereocenters. The van der Waals surface area contributed by atoms with Gasteiger partial charge in [0.05, 0.1) is 11.1 Å². The van der Waals surface area contributed by atoms with E-state index in [0.717, 1.165) is 35.1 Å². The molecular weight excluding hydrogens is 460 g/mol. The van der Waals surface area contributed by atoms with Crippen LogP contribution in [-0.4, -0.2) is 16.6 Å². The predicted octanol–water partition coefficient (Wildman–Crippen LogP) is 7.59. The fourth-order valence-electron chi connectivity index (χ4n) is 4.51. The van der Waals surface area contributed by atoms with Crippen LogP contribution in [0.1, 0.15) is 35.7 Å². The van der Waals surface area contributed by atoms with Gasteiger partial charge in [0.1, 0.15) is 17.3 Å². The Labute approximate surface area is 217 Å². The Morgan fingerprint density at radius 1 is 0.973 bits per heavy atom. The van der Waals surface area contributed by atoms with Crippen LogP contribution in [0.3, 0.4) is 0 Å². The second kappa shape index (κ2) is 10.2. The molecule has 0 aromatic heterocycles. The minimum absolute atomic E-state index is 0.0488. The standard InChI is InChI=1S/C32H30N2O3/c1-3-32(34-29-11-7-4-8-22(29)2)18-16-27(17-19-32)37-26-14-12-25(13-15-26)33-31(36)28-20-23-9-5-6-10-24(23)21-30(28)35/h4-18,20-21,34-35H,3,19H2,1-2H3,(H,33,36). The van der Waals surface area contributed by atoms with Crippen molar-refractivity contribution < 1.29 is 14.6 Å². The van der Waals surface area contributed by atoms with Gasteiger partial charge < -0.3 is 20.5 Å². The quantitative estimate of drug-likeness (QED) is 0.250. The predicted molar refractivity (Wildman–Crippen MR) is 150 cm³/mol. The van der Waals surface area contributed by atoms with E-state index in [1.807, 2.05) is 54.6 Å². The Bertz CT molecular complexity index is 1500. The summed E-state index contributed by atoms with van der Waals surface area (Å²) in [5.41, 5.74) is 3.06. The first-order chi connectivity index (χ1) is 17.9. The molecule has 4 aromatic rings. The smallest absolute Gasteiger partial charge is 0.259 e. The van der Waals surface area contributed by atoms with Gasteiger partial charge in [-0.3, -0.25) is 4.79 Å². The van der Waals surface area contributed by atoms with Gasteiger partial charge in [0.15, 0.2) is 0 Å². The summed E-state index contributed by atoms with van der Waals surface area (Å²) in [5, 5.41) is 18.7. The Morgan fingerprint density at radius 2 is 1.68 bits per heavy atom. The summed E-state index contributed by atoms with van der Waals surface area (Å²) in [6.07, 6.45) is 8.05. The number of hydrogen-bond donors (Lipinski definition) is 3. The number of ether oxygens (including phenoxy) is 1. The lowest BCUT2D eigenvalue weighted by molar-refractivity contribution is 0.102. The normalized spacial score (nSPS) is 16.8. The monoisotopic (exact) mass is 490 g/mol. The van der Waals surface area contributed by atoms with Crippen molar-refractivity contribution in [3.8, 4) is 11.5 Å². The fourth-order valence-corrected chi connectivity index (χ4v) is 4.51. The minimum Gasteiger partial charge on any atom is -0.507 e. The van der Waals surface area contributed by atoms with Gasteiger partial charge in [-0.15, -0.1) is 0 Å². The van der Waals surface area contributed by atoms with Crippen molar-refractivity contribution >= 4 is 28.1 Å². The number of anilines is 2. The van der Waals surface area contributed by atoms with Crippen LogP contribution < -0.4 is 15.4 Å². The molecule has 5 heteroatoms. The molecule has 0 fully saturated rings. The summed E-state index contributed by atoms with van der Waals surface area (Å²) in [7, 11) is 0. The summed E-state index contributed by atoms with van der Waals surface area (Å²) in [6, 6.07) is 26.4. The van der Waals surface area contributed by atoms with Crippen LogP contribution in [0.25, 0.3) is 10.8 Å². The average Bonchev–Trinajstić information content (AvgIpc) is 2.92. The number of phenols is 1. The van der Waals surface area contributed by atoms with E-state index in [1.54, 1.807) is 24.3 Å². The van der Waals surface area contributed by atoms with E-state index in [-0.39, 0.29) is 22.8 Å². The minimum atomic E-state index is -0.369. The molecule has 0 aliphatic heterocycles. The van der Waals surface area contributed by atoms with Gasteiger partial charge in [-0.25, -0.2) is 0 Å². The van der Waals surface area contributed by atoms with Gasteiger partial charge in [0.25, 0.3) is 5.91 Å². The molecule has 1 aliphatic carbocycles. The van der Waals surface area contributed by atoms with Crippen molar-refractivity contribution in [3.63, 3.8) is 0 Å². The lowest BCUT2D eigenvalue weighted by Gasteiger charge is -2.34. The summed E-state index contributed by atoms with van der Waals surface area (Å²) < 4.78 is 6.07. The molecule has 186 valence electrons. The number of fused-ring (bicyclic) bond motifs is 1. The van der Waals surface area contributed by atoms with E-state index in [9.17, 15) is 9.90 Å². The summed E-state index contributed by atoms with van der Waals surface area (Å²) >= 11 is 0. The number of carbonyl (C=O) groups is 1. The molecule has 0 saturated heterocycles. The van der Waals surface area contributed by atoms with Crippen LogP contribution in [0.2, 0.25) is 0 Å². The molecule has 4 aromatic carbocycles. The molecule has 5 rings (SSSR count). The fraction of sp³-hybridized carbons (Fsp3) is 0.156. The molecule has 0 heterocycles. The number of phenolic OH excluding ortho intramolecular Hbond substituents is 1. The van der Waals surface area contributed by atoms with Crippen LogP contribution >= 0.6 is 0 Å². The highest BCUT2D eigenvalue weighted by atomic mass is 16.5. The van der Waals surface area contributed by atoms with E-state index >= 15 is 0 Å². The molecule has 5 nitrogen and oxygen atoms in total. The number of benzene rings is 4. The van der Waals surface area contributed by atoms with E-state index in [2.05, 4.69) is 48.8 Å². The molecule has 0 bridgehead atoms. The van der Waals surface area contributed by atoms with Crippen LogP contribution in [0.15, 0.2) is 109 Å². The van der Waals surface area contributed by atoms with Gasteiger partial charge in [0.2, 0.25) is 0 Å². The van der Waals surface area contributed by atoms with E-state index in [0.29, 0.717) is 11.4 Å². The van der Waals surface area contributed by atoms with Crippen LogP contribution in [0.5, 0.6) is 11.5 Å². The van der Waals surface area contributed by atoms with Gasteiger partial charge in [-0.05, 0) is 90.7 Å². The van der Waals surface area contributed by atoms with Crippen LogP contribution in [0, 0.1) is 6.92 Å². The van der Waals surface area contributed by atoms with E-state index < -0.39 is 0 Å². The number of aromatic hydroxyl groups is 1. The number of allylic oxidation sites excluding steroid dienone is 1. The Morgan fingerprint density at radius 3 is 2.35 bits per heavy atom. The van der Waals surface area contributed by atoms with Crippen molar-refractivity contribution in [2.45, 2.75) is 32.2 Å². The number of nitrogens with one attached hydrogen (secondary N) is 2. The van der Waals surface area contributed by atoms with Crippen LogP contribution in [-0.2, 0) is 0 Å². The second-order valence-corrected chi connectivity index (χ2v) is 9.39. The molecule has 3 N–H and O–H groups in total. The number of para-hydroxylation sites is 1. The summed E-state index contributed by atoms with van der Waals surface area (Å²) in [4.78, 5) is 12.8. The molecule has 0 radical (unpaired) electrons. The number of aryl methyl sites for hydroxylation is 1. The highest BCUT2D eigenvalue weighted by Gasteiger charge is 2.27. The van der Waals surface area contributed by atoms with E-state index in [1.165, 1.54) is 5.56 Å². The zero-order valence-electron chi connectivity index (χ0n) is 21.0. The maximum Gasteiger partial charge on any atom is 0.259 e. The first-order valence-electron chi connectivity index (χ1n) is 12.5. The topological polar surface area (TPSA) is 70.6 Å². The van der Waals surface area contributed by atoms with Crippen molar-refractivity contribution in [2.75, 3.05) is 10.6 Å². The third-order valence-corrected chi connectivity index (χ3v) is 6.85. The third kappa shape index (κ3) is 5.36. The molecule has 1 aliphatic rings. The molecule has 1 amide bonds. The largest absolute Gasteiger partial charge is 0.507 e. The zero-order chi connectivity index (χ0) is 25.8. The summed E-state index contributed by atoms with van der Waals surface area (Å²) in [5.74, 6) is 1.05. The second-order valence-electron chi connectivity index (χ2n) is 9.39. The first kappa shape index (κ1) is 24.2. The number of rotatable bonds is 7. The Balaban J connectivity index is 1.22. The highest BCUT2D eigenvalue weighted by molar-refractivity contribution is 6.08. The van der Waals surface area contributed by atoms with Crippen molar-refractivity contribution in [3.05, 3.63) is 120 Å².